The summed E-state index contributed by atoms with van der Waals surface area (Å²) in [6.45, 7) is 2.97. The van der Waals surface area contributed by atoms with Gasteiger partial charge in [-0.25, -0.2) is 14.5 Å². The molecule has 2 aliphatic rings. The average Bonchev–Trinajstić information content (AvgIpc) is 3.23. The second-order valence-electron chi connectivity index (χ2n) is 6.88. The Hall–Kier alpha value is -2.62. The zero-order valence-corrected chi connectivity index (χ0v) is 16.5. The number of aromatic carboxylic acids is 1. The maximum atomic E-state index is 11.5. The van der Waals surface area contributed by atoms with Crippen molar-refractivity contribution < 1.29 is 14.6 Å². The number of halogens is 1. The molecule has 4 heterocycles. The van der Waals surface area contributed by atoms with Crippen LogP contribution in [0.15, 0.2) is 47.1 Å². The molecule has 1 N–H and O–H groups in total. The molecule has 28 heavy (non-hydrogen) atoms. The van der Waals surface area contributed by atoms with Crippen molar-refractivity contribution in [3.05, 3.63) is 70.0 Å². The molecule has 2 aromatic heterocycles. The van der Waals surface area contributed by atoms with Gasteiger partial charge in [0.15, 0.2) is 5.72 Å². The van der Waals surface area contributed by atoms with Gasteiger partial charge in [0.05, 0.1) is 24.5 Å². The largest absolute Gasteiger partial charge is 0.475 e. The molecule has 1 fully saturated rings. The lowest BCUT2D eigenvalue weighted by Crippen LogP contribution is -2.45. The minimum atomic E-state index is -1.15. The average molecular weight is 442 g/mol. The van der Waals surface area contributed by atoms with Gasteiger partial charge >= 0.3 is 5.97 Å². The van der Waals surface area contributed by atoms with Crippen molar-refractivity contribution in [1.82, 2.24) is 24.6 Å². The fourth-order valence-electron chi connectivity index (χ4n) is 3.99. The quantitative estimate of drug-likeness (QED) is 0.652. The Morgan fingerprint density at radius 1 is 1.36 bits per heavy atom. The van der Waals surface area contributed by atoms with Crippen molar-refractivity contribution in [2.45, 2.75) is 25.2 Å². The zero-order valence-electron chi connectivity index (χ0n) is 14.9. The summed E-state index contributed by atoms with van der Waals surface area (Å²) in [5.74, 6) is -0.820. The molecular weight excluding hydrogens is 426 g/mol. The van der Waals surface area contributed by atoms with Crippen molar-refractivity contribution in [2.75, 3.05) is 6.61 Å². The Bertz CT molecular complexity index is 1090. The third-order valence-electron chi connectivity index (χ3n) is 5.21. The number of carboxylic acid groups (broad SMARTS) is 1. The first-order valence-electron chi connectivity index (χ1n) is 8.82. The van der Waals surface area contributed by atoms with Crippen molar-refractivity contribution in [1.29, 1.82) is 0 Å². The van der Waals surface area contributed by atoms with Crippen LogP contribution in [-0.2, 0) is 17.0 Å². The minimum Gasteiger partial charge on any atom is -0.475 e. The van der Waals surface area contributed by atoms with Crippen molar-refractivity contribution in [3.8, 4) is 5.69 Å². The molecular formula is C19H16BrN5O3. The molecule has 1 aromatic carbocycles. The number of benzene rings is 1. The van der Waals surface area contributed by atoms with Crippen LogP contribution in [0.4, 0.5) is 0 Å². The van der Waals surface area contributed by atoms with Crippen molar-refractivity contribution in [3.63, 3.8) is 0 Å². The highest BCUT2D eigenvalue weighted by molar-refractivity contribution is 9.10. The van der Waals surface area contributed by atoms with E-state index < -0.39 is 11.7 Å². The van der Waals surface area contributed by atoms with Crippen LogP contribution < -0.4 is 0 Å². The Morgan fingerprint density at radius 2 is 2.21 bits per heavy atom. The molecule has 0 aliphatic carbocycles. The van der Waals surface area contributed by atoms with Crippen LogP contribution in [0.3, 0.4) is 0 Å². The Balaban J connectivity index is 1.85. The van der Waals surface area contributed by atoms with Gasteiger partial charge in [0.2, 0.25) is 0 Å². The fraction of sp³-hybridized carbons (Fsp3) is 0.263. The zero-order chi connectivity index (χ0) is 19.5. The molecule has 0 radical (unpaired) electrons. The normalized spacial score (nSPS) is 23.6. The maximum absolute atomic E-state index is 11.5. The van der Waals surface area contributed by atoms with Gasteiger partial charge in [0.1, 0.15) is 5.82 Å². The van der Waals surface area contributed by atoms with Crippen LogP contribution in [-0.4, -0.2) is 48.4 Å². The third-order valence-corrected chi connectivity index (χ3v) is 5.70. The summed E-state index contributed by atoms with van der Waals surface area (Å²) in [5.41, 5.74) is 1.42. The topological polar surface area (TPSA) is 93.4 Å². The molecule has 2 unspecified atom stereocenters. The molecule has 0 bridgehead atoms. The van der Waals surface area contributed by atoms with Crippen LogP contribution in [0, 0.1) is 0 Å². The van der Waals surface area contributed by atoms with E-state index in [4.69, 9.17) is 4.74 Å². The van der Waals surface area contributed by atoms with E-state index in [0.29, 0.717) is 19.0 Å². The van der Waals surface area contributed by atoms with E-state index >= 15 is 0 Å². The predicted molar refractivity (Wildman–Crippen MR) is 102 cm³/mol. The summed E-state index contributed by atoms with van der Waals surface area (Å²) >= 11 is 3.56. The highest BCUT2D eigenvalue weighted by atomic mass is 79.9. The van der Waals surface area contributed by atoms with Gasteiger partial charge in [-0.2, -0.15) is 0 Å². The number of fused-ring (bicyclic) bond motifs is 5. The van der Waals surface area contributed by atoms with Gasteiger partial charge in [-0.3, -0.25) is 9.88 Å². The van der Waals surface area contributed by atoms with Gasteiger partial charge < -0.3 is 9.84 Å². The highest BCUT2D eigenvalue weighted by Gasteiger charge is 2.53. The maximum Gasteiger partial charge on any atom is 0.375 e. The van der Waals surface area contributed by atoms with Gasteiger partial charge in [0.25, 0.3) is 5.82 Å². The number of carboxylic acids is 1. The van der Waals surface area contributed by atoms with Crippen molar-refractivity contribution in [2.24, 2.45) is 0 Å². The number of nitrogens with zero attached hydrogens (tertiary/aromatic N) is 5. The third kappa shape index (κ3) is 2.36. The number of rotatable bonds is 2. The first-order chi connectivity index (χ1) is 13.5. The monoisotopic (exact) mass is 441 g/mol. The van der Waals surface area contributed by atoms with E-state index in [1.54, 1.807) is 10.9 Å². The molecule has 9 heteroatoms. The molecule has 0 saturated carbocycles. The van der Waals surface area contributed by atoms with E-state index in [-0.39, 0.29) is 11.9 Å². The highest BCUT2D eigenvalue weighted by Crippen LogP contribution is 2.47. The number of carbonyl (C=O) groups is 1. The Labute approximate surface area is 168 Å². The fourth-order valence-corrected chi connectivity index (χ4v) is 4.35. The number of aromatic nitrogens is 4. The molecule has 0 spiro atoms. The second-order valence-corrected chi connectivity index (χ2v) is 7.79. The number of ether oxygens (including phenoxy) is 1. The molecule has 142 valence electrons. The van der Waals surface area contributed by atoms with E-state index in [9.17, 15) is 9.90 Å². The summed E-state index contributed by atoms with van der Waals surface area (Å²) < 4.78 is 8.92. The van der Waals surface area contributed by atoms with E-state index in [1.165, 1.54) is 0 Å². The number of hydrogen-bond donors (Lipinski definition) is 1. The van der Waals surface area contributed by atoms with E-state index in [1.807, 2.05) is 36.4 Å². The standard InChI is InChI=1S/C19H16BrN5O3/c1-11-10-28-19(15-4-2-3-7-21-15)13-8-12(20)5-6-14(13)25-16(9-24(11)19)22-17(23-25)18(26)27/h2-8,11H,9-10H2,1H3,(H,26,27). The molecule has 1 saturated heterocycles. The summed E-state index contributed by atoms with van der Waals surface area (Å²) in [6.07, 6.45) is 1.75. The van der Waals surface area contributed by atoms with E-state index in [0.717, 1.165) is 21.4 Å². The predicted octanol–water partition coefficient (Wildman–Crippen LogP) is 2.56. The van der Waals surface area contributed by atoms with Crippen molar-refractivity contribution >= 4 is 21.9 Å². The molecule has 0 amide bonds. The minimum absolute atomic E-state index is 0.0744. The summed E-state index contributed by atoms with van der Waals surface area (Å²) in [6, 6.07) is 11.6. The van der Waals surface area contributed by atoms with Crippen LogP contribution in [0.1, 0.15) is 34.6 Å². The summed E-state index contributed by atoms with van der Waals surface area (Å²) in [7, 11) is 0. The van der Waals surface area contributed by atoms with Crippen LogP contribution in [0.5, 0.6) is 0 Å². The molecule has 8 nitrogen and oxygen atoms in total. The lowest BCUT2D eigenvalue weighted by molar-refractivity contribution is -0.0619. The molecule has 5 rings (SSSR count). The SMILES string of the molecule is CC1COC2(c3ccccn3)c3cc(Br)ccc3-n3nc(C(=O)O)nc3CN12. The number of pyridine rings is 1. The second kappa shape index (κ2) is 6.20. The lowest BCUT2D eigenvalue weighted by Gasteiger charge is -2.37. The van der Waals surface area contributed by atoms with Crippen LogP contribution >= 0.6 is 15.9 Å². The van der Waals surface area contributed by atoms with Crippen LogP contribution in [0.2, 0.25) is 0 Å². The Kier molecular flexibility index (Phi) is 3.87. The van der Waals surface area contributed by atoms with Gasteiger partial charge in [-0.1, -0.05) is 22.0 Å². The number of hydrogen-bond acceptors (Lipinski definition) is 6. The van der Waals surface area contributed by atoms with Crippen LogP contribution in [0.25, 0.3) is 5.69 Å². The Morgan fingerprint density at radius 3 is 2.96 bits per heavy atom. The summed E-state index contributed by atoms with van der Waals surface area (Å²) in [5, 5.41) is 13.6. The van der Waals surface area contributed by atoms with Gasteiger partial charge in [-0.05, 0) is 37.3 Å². The molecule has 2 aliphatic heterocycles. The smallest absolute Gasteiger partial charge is 0.375 e. The van der Waals surface area contributed by atoms with Gasteiger partial charge in [-0.15, -0.1) is 5.10 Å². The van der Waals surface area contributed by atoms with E-state index in [2.05, 4.69) is 42.8 Å². The van der Waals surface area contributed by atoms with Gasteiger partial charge in [0, 0.05) is 22.3 Å². The summed E-state index contributed by atoms with van der Waals surface area (Å²) in [4.78, 5) is 22.5. The lowest BCUT2D eigenvalue weighted by atomic mass is 9.95. The molecule has 2 atom stereocenters. The first kappa shape index (κ1) is 17.5. The molecule has 3 aromatic rings. The first-order valence-corrected chi connectivity index (χ1v) is 9.62.